The van der Waals surface area contributed by atoms with Crippen molar-refractivity contribution < 1.29 is 4.57 Å². The summed E-state index contributed by atoms with van der Waals surface area (Å²) in [5.74, 6) is 1.55. The number of imidazole rings is 1. The predicted molar refractivity (Wildman–Crippen MR) is 105 cm³/mol. The fourth-order valence-corrected chi connectivity index (χ4v) is 3.55. The van der Waals surface area contributed by atoms with Gasteiger partial charge in [-0.1, -0.05) is 71.6 Å². The molecule has 0 N–H and O–H groups in total. The monoisotopic (exact) mass is 335 g/mol. The Morgan fingerprint density at radius 1 is 0.792 bits per heavy atom. The van der Waals surface area contributed by atoms with Gasteiger partial charge in [-0.25, -0.2) is 9.13 Å². The Balaban J connectivity index is 2.39. The van der Waals surface area contributed by atoms with E-state index in [4.69, 9.17) is 0 Å². The number of aryl methyl sites for hydroxylation is 1. The van der Waals surface area contributed by atoms with Crippen molar-refractivity contribution >= 4 is 0 Å². The molecule has 0 radical (unpaired) electrons. The highest BCUT2D eigenvalue weighted by Gasteiger charge is 2.18. The summed E-state index contributed by atoms with van der Waals surface area (Å²) in [5.41, 5.74) is 0. The normalized spacial score (nSPS) is 11.5. The van der Waals surface area contributed by atoms with Crippen molar-refractivity contribution in [1.82, 2.24) is 4.57 Å². The molecular weight excluding hydrogens is 292 g/mol. The molecule has 1 aromatic rings. The number of rotatable bonds is 15. The van der Waals surface area contributed by atoms with Gasteiger partial charge in [0.1, 0.15) is 12.4 Å². The van der Waals surface area contributed by atoms with E-state index >= 15 is 0 Å². The molecule has 140 valence electrons. The van der Waals surface area contributed by atoms with Gasteiger partial charge in [0.15, 0.2) is 0 Å². The third kappa shape index (κ3) is 8.35. The summed E-state index contributed by atoms with van der Waals surface area (Å²) in [4.78, 5) is 0. The summed E-state index contributed by atoms with van der Waals surface area (Å²) in [6, 6.07) is 0.575. The maximum atomic E-state index is 2.53. The molecule has 1 heterocycles. The van der Waals surface area contributed by atoms with Gasteiger partial charge >= 0.3 is 0 Å². The molecule has 2 heteroatoms. The first kappa shape index (κ1) is 21.3. The van der Waals surface area contributed by atoms with Crippen LogP contribution < -0.4 is 4.57 Å². The zero-order valence-corrected chi connectivity index (χ0v) is 17.0. The van der Waals surface area contributed by atoms with Crippen LogP contribution in [0.2, 0.25) is 0 Å². The van der Waals surface area contributed by atoms with E-state index in [1.54, 1.807) is 5.82 Å². The zero-order chi connectivity index (χ0) is 17.6. The molecule has 0 amide bonds. The summed E-state index contributed by atoms with van der Waals surface area (Å²) in [7, 11) is 0. The van der Waals surface area contributed by atoms with Gasteiger partial charge in [-0.2, -0.15) is 0 Å². The minimum Gasteiger partial charge on any atom is -0.234 e. The minimum atomic E-state index is 0.575. The highest BCUT2D eigenvalue weighted by molar-refractivity contribution is 4.86. The van der Waals surface area contributed by atoms with Gasteiger partial charge in [0.25, 0.3) is 5.82 Å². The van der Waals surface area contributed by atoms with Crippen molar-refractivity contribution in [3.63, 3.8) is 0 Å². The van der Waals surface area contributed by atoms with E-state index in [0.29, 0.717) is 6.04 Å². The topological polar surface area (TPSA) is 8.81 Å². The number of aromatic nitrogens is 2. The lowest BCUT2D eigenvalue weighted by molar-refractivity contribution is -0.704. The maximum Gasteiger partial charge on any atom is 0.256 e. The van der Waals surface area contributed by atoms with Crippen LogP contribution in [-0.2, 0) is 13.0 Å². The predicted octanol–water partition coefficient (Wildman–Crippen LogP) is 6.62. The molecule has 0 bridgehead atoms. The Hall–Kier alpha value is -0.790. The second-order valence-corrected chi connectivity index (χ2v) is 7.69. The average molecular weight is 336 g/mol. The van der Waals surface area contributed by atoms with Gasteiger partial charge in [-0.15, -0.1) is 0 Å². The molecule has 0 aliphatic carbocycles. The van der Waals surface area contributed by atoms with Gasteiger partial charge in [-0.3, -0.25) is 0 Å². The van der Waals surface area contributed by atoms with Crippen molar-refractivity contribution in [3.8, 4) is 0 Å². The molecule has 0 saturated heterocycles. The Bertz CT molecular complexity index is 406. The van der Waals surface area contributed by atoms with E-state index in [1.165, 1.54) is 90.0 Å². The van der Waals surface area contributed by atoms with Crippen molar-refractivity contribution in [3.05, 3.63) is 18.2 Å². The smallest absolute Gasteiger partial charge is 0.234 e. The SMILES string of the molecule is CCCCCCCCCc1n(C(C)C)cc[n+]1CCCCCCC. The highest BCUT2D eigenvalue weighted by Crippen LogP contribution is 2.13. The molecule has 1 rings (SSSR count). The second-order valence-electron chi connectivity index (χ2n) is 7.69. The fraction of sp³-hybridized carbons (Fsp3) is 0.864. The first-order valence-corrected chi connectivity index (χ1v) is 10.8. The lowest BCUT2D eigenvalue weighted by Gasteiger charge is -2.08. The Labute approximate surface area is 151 Å². The lowest BCUT2D eigenvalue weighted by Crippen LogP contribution is -2.37. The Morgan fingerprint density at radius 3 is 1.92 bits per heavy atom. The van der Waals surface area contributed by atoms with Crippen LogP contribution in [0, 0.1) is 0 Å². The second kappa shape index (κ2) is 13.5. The molecule has 0 unspecified atom stereocenters. The molecule has 0 spiro atoms. The van der Waals surface area contributed by atoms with E-state index in [9.17, 15) is 0 Å². The summed E-state index contributed by atoms with van der Waals surface area (Å²) in [5, 5.41) is 0. The van der Waals surface area contributed by atoms with Crippen LogP contribution in [0.4, 0.5) is 0 Å². The first-order valence-electron chi connectivity index (χ1n) is 10.8. The standard InChI is InChI=1S/C22H43N2/c1-5-7-9-11-12-13-15-17-22-23(18-16-14-10-8-6-2)19-20-24(22)21(3)4/h19-21H,5-18H2,1-4H3/q+1. The van der Waals surface area contributed by atoms with Crippen LogP contribution in [-0.4, -0.2) is 4.57 Å². The van der Waals surface area contributed by atoms with Crippen LogP contribution in [0.5, 0.6) is 0 Å². The minimum absolute atomic E-state index is 0.575. The first-order chi connectivity index (χ1) is 11.7. The largest absolute Gasteiger partial charge is 0.256 e. The summed E-state index contributed by atoms with van der Waals surface area (Å²) >= 11 is 0. The van der Waals surface area contributed by atoms with Gasteiger partial charge < -0.3 is 0 Å². The maximum absolute atomic E-state index is 2.53. The Morgan fingerprint density at radius 2 is 1.33 bits per heavy atom. The molecule has 0 aromatic carbocycles. The molecule has 2 nitrogen and oxygen atoms in total. The number of nitrogens with zero attached hydrogens (tertiary/aromatic N) is 2. The highest BCUT2D eigenvalue weighted by atomic mass is 15.2. The van der Waals surface area contributed by atoms with Gasteiger partial charge in [0, 0.05) is 6.42 Å². The average Bonchev–Trinajstić information content (AvgIpc) is 2.97. The lowest BCUT2D eigenvalue weighted by atomic mass is 10.1. The van der Waals surface area contributed by atoms with E-state index in [1.807, 2.05) is 0 Å². The third-order valence-corrected chi connectivity index (χ3v) is 5.10. The van der Waals surface area contributed by atoms with E-state index in [-0.39, 0.29) is 0 Å². The van der Waals surface area contributed by atoms with Crippen molar-refractivity contribution in [2.45, 2.75) is 124 Å². The Kier molecular flexibility index (Phi) is 12.0. The van der Waals surface area contributed by atoms with Crippen molar-refractivity contribution in [1.29, 1.82) is 0 Å². The fourth-order valence-electron chi connectivity index (χ4n) is 3.55. The molecular formula is C22H43N2+. The number of hydrogen-bond acceptors (Lipinski definition) is 0. The number of hydrogen-bond donors (Lipinski definition) is 0. The van der Waals surface area contributed by atoms with E-state index in [2.05, 4.69) is 49.2 Å². The molecule has 0 aliphatic heterocycles. The van der Waals surface area contributed by atoms with Crippen LogP contribution in [0.1, 0.15) is 117 Å². The molecule has 24 heavy (non-hydrogen) atoms. The van der Waals surface area contributed by atoms with Crippen LogP contribution in [0.3, 0.4) is 0 Å². The summed E-state index contributed by atoms with van der Waals surface area (Å²) in [6.07, 6.45) is 22.5. The summed E-state index contributed by atoms with van der Waals surface area (Å²) < 4.78 is 5.02. The third-order valence-electron chi connectivity index (χ3n) is 5.10. The van der Waals surface area contributed by atoms with Crippen LogP contribution in [0.25, 0.3) is 0 Å². The van der Waals surface area contributed by atoms with Gasteiger partial charge in [0.05, 0.1) is 12.6 Å². The molecule has 0 aliphatic rings. The molecule has 0 fully saturated rings. The van der Waals surface area contributed by atoms with Crippen molar-refractivity contribution in [2.24, 2.45) is 0 Å². The van der Waals surface area contributed by atoms with Crippen LogP contribution in [0.15, 0.2) is 12.4 Å². The van der Waals surface area contributed by atoms with Crippen molar-refractivity contribution in [2.75, 3.05) is 0 Å². The van der Waals surface area contributed by atoms with Crippen LogP contribution >= 0.6 is 0 Å². The van der Waals surface area contributed by atoms with E-state index < -0.39 is 0 Å². The molecule has 0 saturated carbocycles. The zero-order valence-electron chi connectivity index (χ0n) is 17.0. The van der Waals surface area contributed by atoms with Gasteiger partial charge in [-0.05, 0) is 33.1 Å². The number of unbranched alkanes of at least 4 members (excludes halogenated alkanes) is 10. The molecule has 1 aromatic heterocycles. The summed E-state index contributed by atoms with van der Waals surface area (Å²) in [6.45, 7) is 10.4. The molecule has 0 atom stereocenters. The van der Waals surface area contributed by atoms with E-state index in [0.717, 1.165) is 0 Å². The quantitative estimate of drug-likeness (QED) is 0.251. The van der Waals surface area contributed by atoms with Gasteiger partial charge in [0.2, 0.25) is 0 Å².